The fraction of sp³-hybridized carbons (Fsp3) is 0.381. The number of aryl methyl sites for hydroxylation is 1. The van der Waals surface area contributed by atoms with E-state index in [4.69, 9.17) is 9.47 Å². The summed E-state index contributed by atoms with van der Waals surface area (Å²) in [7, 11) is 0. The second-order valence-electron chi connectivity index (χ2n) is 7.24. The van der Waals surface area contributed by atoms with Gasteiger partial charge in [0.05, 0.1) is 6.61 Å². The number of aliphatic hydroxyl groups excluding tert-OH is 4. The molecule has 1 fully saturated rings. The molecule has 0 radical (unpaired) electrons. The van der Waals surface area contributed by atoms with E-state index in [1.54, 1.807) is 12.1 Å². The molecule has 1 aliphatic rings. The lowest BCUT2D eigenvalue weighted by Crippen LogP contribution is -2.60. The van der Waals surface area contributed by atoms with Crippen LogP contribution in [-0.2, 0) is 11.2 Å². The number of phenolic OH excluding ortho intramolecular Hbond substituents is 3. The Labute approximate surface area is 177 Å². The van der Waals surface area contributed by atoms with Crippen LogP contribution in [0.1, 0.15) is 22.3 Å². The quantitative estimate of drug-likeness (QED) is 0.288. The minimum absolute atomic E-state index is 0.0475. The summed E-state index contributed by atoms with van der Waals surface area (Å²) in [5.74, 6) is -1.74. The number of carbonyl (C=O) groups excluding carboxylic acids is 1. The van der Waals surface area contributed by atoms with E-state index in [1.807, 2.05) is 0 Å². The molecule has 1 unspecified atom stereocenters. The first-order chi connectivity index (χ1) is 14.7. The van der Waals surface area contributed by atoms with Gasteiger partial charge in [0.25, 0.3) is 0 Å². The van der Waals surface area contributed by atoms with Crippen molar-refractivity contribution in [3.05, 3.63) is 47.5 Å². The number of rotatable bonds is 7. The van der Waals surface area contributed by atoms with E-state index in [9.17, 15) is 40.5 Å². The zero-order valence-corrected chi connectivity index (χ0v) is 16.3. The molecule has 2 aromatic carbocycles. The van der Waals surface area contributed by atoms with Crippen LogP contribution in [0.5, 0.6) is 23.0 Å². The number of benzene rings is 2. The lowest BCUT2D eigenvalue weighted by molar-refractivity contribution is -0.277. The van der Waals surface area contributed by atoms with Gasteiger partial charge in [0, 0.05) is 18.6 Å². The molecular weight excluding hydrogens is 412 g/mol. The van der Waals surface area contributed by atoms with Crippen molar-refractivity contribution in [2.24, 2.45) is 0 Å². The van der Waals surface area contributed by atoms with Gasteiger partial charge < -0.3 is 45.2 Å². The van der Waals surface area contributed by atoms with E-state index in [2.05, 4.69) is 0 Å². The number of ether oxygens (including phenoxy) is 2. The van der Waals surface area contributed by atoms with Crippen molar-refractivity contribution >= 4 is 5.78 Å². The Balaban J connectivity index is 1.82. The molecule has 3 rings (SSSR count). The number of ketones is 1. The van der Waals surface area contributed by atoms with Gasteiger partial charge in [-0.2, -0.15) is 0 Å². The summed E-state index contributed by atoms with van der Waals surface area (Å²) < 4.78 is 10.7. The van der Waals surface area contributed by atoms with Crippen LogP contribution in [0.2, 0.25) is 0 Å². The van der Waals surface area contributed by atoms with E-state index in [0.717, 1.165) is 17.7 Å². The molecule has 0 saturated carbocycles. The van der Waals surface area contributed by atoms with Crippen LogP contribution in [0.15, 0.2) is 36.4 Å². The van der Waals surface area contributed by atoms with Gasteiger partial charge in [-0.05, 0) is 24.1 Å². The van der Waals surface area contributed by atoms with Crippen molar-refractivity contribution in [1.29, 1.82) is 0 Å². The normalized spacial score (nSPS) is 25.9. The number of aliphatic hydroxyl groups is 4. The third kappa shape index (κ3) is 5.06. The number of carbonyl (C=O) groups is 1. The molecule has 5 atom stereocenters. The van der Waals surface area contributed by atoms with Crippen LogP contribution < -0.4 is 4.74 Å². The van der Waals surface area contributed by atoms with E-state index < -0.39 is 54.6 Å². The lowest BCUT2D eigenvalue weighted by atomic mass is 9.99. The zero-order chi connectivity index (χ0) is 22.7. The van der Waals surface area contributed by atoms with Crippen molar-refractivity contribution < 1.29 is 50.0 Å². The molecule has 2 aromatic rings. The lowest BCUT2D eigenvalue weighted by Gasteiger charge is -2.39. The molecular formula is C21H24O10. The van der Waals surface area contributed by atoms with Crippen molar-refractivity contribution in [3.63, 3.8) is 0 Å². The zero-order valence-electron chi connectivity index (χ0n) is 16.3. The van der Waals surface area contributed by atoms with Gasteiger partial charge in [-0.3, -0.25) is 4.79 Å². The molecule has 31 heavy (non-hydrogen) atoms. The molecule has 7 N–H and O–H groups in total. The minimum atomic E-state index is -1.73. The Morgan fingerprint density at radius 2 is 1.61 bits per heavy atom. The van der Waals surface area contributed by atoms with E-state index in [0.29, 0.717) is 6.42 Å². The van der Waals surface area contributed by atoms with Crippen molar-refractivity contribution in [2.45, 2.75) is 43.5 Å². The number of Topliss-reactive ketones (excluding diaryl/α,β-unsaturated/α-hetero) is 1. The summed E-state index contributed by atoms with van der Waals surface area (Å²) in [6.45, 7) is -0.672. The molecule has 168 valence electrons. The fourth-order valence-electron chi connectivity index (χ4n) is 3.30. The third-order valence-corrected chi connectivity index (χ3v) is 5.01. The van der Waals surface area contributed by atoms with Gasteiger partial charge in [0.15, 0.2) is 5.78 Å². The van der Waals surface area contributed by atoms with Crippen molar-refractivity contribution in [1.82, 2.24) is 0 Å². The number of aromatic hydroxyl groups is 3. The van der Waals surface area contributed by atoms with E-state index in [1.165, 1.54) is 12.1 Å². The molecule has 0 aromatic heterocycles. The SMILES string of the molecule is O=C(CCc1ccc(O)cc1)c1c(O)cc(O)cc1O[C@@H]1O[C@H](CO)[C@@H](O)C(O)[C@H]1O. The Morgan fingerprint density at radius 1 is 0.935 bits per heavy atom. The maximum absolute atomic E-state index is 12.8. The average Bonchev–Trinajstić information content (AvgIpc) is 2.73. The van der Waals surface area contributed by atoms with Gasteiger partial charge in [-0.15, -0.1) is 0 Å². The predicted octanol–water partition coefficient (Wildman–Crippen LogP) is -0.202. The second-order valence-corrected chi connectivity index (χ2v) is 7.24. The Kier molecular flexibility index (Phi) is 6.98. The number of phenols is 3. The number of hydrogen-bond donors (Lipinski definition) is 7. The highest BCUT2D eigenvalue weighted by Crippen LogP contribution is 2.36. The maximum atomic E-state index is 12.8. The van der Waals surface area contributed by atoms with Gasteiger partial charge in [-0.25, -0.2) is 0 Å². The Bertz CT molecular complexity index is 911. The Hall–Kier alpha value is -2.89. The topological polar surface area (TPSA) is 177 Å². The monoisotopic (exact) mass is 436 g/mol. The van der Waals surface area contributed by atoms with Crippen LogP contribution in [-0.4, -0.2) is 78.8 Å². The molecule has 1 heterocycles. The van der Waals surface area contributed by atoms with Crippen LogP contribution in [0.3, 0.4) is 0 Å². The van der Waals surface area contributed by atoms with Gasteiger partial charge >= 0.3 is 0 Å². The number of hydrogen-bond acceptors (Lipinski definition) is 10. The highest BCUT2D eigenvalue weighted by atomic mass is 16.7. The molecule has 0 aliphatic carbocycles. The molecule has 1 aliphatic heterocycles. The summed E-state index contributed by atoms with van der Waals surface area (Å²) in [5.41, 5.74) is 0.495. The molecule has 1 saturated heterocycles. The highest BCUT2D eigenvalue weighted by Gasteiger charge is 2.45. The summed E-state index contributed by atoms with van der Waals surface area (Å²) in [5, 5.41) is 68.6. The van der Waals surface area contributed by atoms with E-state index in [-0.39, 0.29) is 23.5 Å². The van der Waals surface area contributed by atoms with Crippen LogP contribution in [0.4, 0.5) is 0 Å². The minimum Gasteiger partial charge on any atom is -0.508 e. The van der Waals surface area contributed by atoms with Gasteiger partial charge in [-0.1, -0.05) is 12.1 Å². The smallest absolute Gasteiger partial charge is 0.229 e. The molecule has 0 bridgehead atoms. The third-order valence-electron chi connectivity index (χ3n) is 5.01. The van der Waals surface area contributed by atoms with Crippen LogP contribution in [0, 0.1) is 0 Å². The van der Waals surface area contributed by atoms with E-state index >= 15 is 0 Å². The summed E-state index contributed by atoms with van der Waals surface area (Å²) in [6.07, 6.45) is -7.61. The van der Waals surface area contributed by atoms with Crippen LogP contribution >= 0.6 is 0 Å². The fourth-order valence-corrected chi connectivity index (χ4v) is 3.30. The molecule has 10 heteroatoms. The van der Waals surface area contributed by atoms with Gasteiger partial charge in [0.2, 0.25) is 6.29 Å². The Morgan fingerprint density at radius 3 is 2.26 bits per heavy atom. The highest BCUT2D eigenvalue weighted by molar-refractivity contribution is 6.01. The molecule has 10 nitrogen and oxygen atoms in total. The van der Waals surface area contributed by atoms with Crippen LogP contribution in [0.25, 0.3) is 0 Å². The van der Waals surface area contributed by atoms with Gasteiger partial charge in [0.1, 0.15) is 53.0 Å². The van der Waals surface area contributed by atoms with Crippen molar-refractivity contribution in [3.8, 4) is 23.0 Å². The summed E-state index contributed by atoms with van der Waals surface area (Å²) in [4.78, 5) is 12.8. The first-order valence-electron chi connectivity index (χ1n) is 9.55. The largest absolute Gasteiger partial charge is 0.508 e. The van der Waals surface area contributed by atoms with Crippen molar-refractivity contribution in [2.75, 3.05) is 6.61 Å². The first-order valence-corrected chi connectivity index (χ1v) is 9.55. The molecule has 0 amide bonds. The maximum Gasteiger partial charge on any atom is 0.229 e. The first kappa shape index (κ1) is 22.8. The summed E-state index contributed by atoms with van der Waals surface area (Å²) in [6, 6.07) is 8.23. The second kappa shape index (κ2) is 9.50. The predicted molar refractivity (Wildman–Crippen MR) is 105 cm³/mol. The summed E-state index contributed by atoms with van der Waals surface area (Å²) >= 11 is 0. The molecule has 0 spiro atoms. The standard InChI is InChI=1S/C21H24O10/c22-9-16-18(27)19(28)20(29)21(31-16)30-15-8-12(24)7-14(26)17(15)13(25)6-3-10-1-4-11(23)5-2-10/h1-2,4-5,7-8,16,18-24,26-29H,3,6,9H2/t16-,18-,19?,20-,21-/m1/s1. The average molecular weight is 436 g/mol.